The van der Waals surface area contributed by atoms with Gasteiger partial charge in [-0.15, -0.1) is 0 Å². The lowest BCUT2D eigenvalue weighted by Gasteiger charge is -2.25. The summed E-state index contributed by atoms with van der Waals surface area (Å²) in [5.74, 6) is -0.351. The van der Waals surface area contributed by atoms with Crippen LogP contribution in [0.2, 0.25) is 0 Å². The van der Waals surface area contributed by atoms with Gasteiger partial charge >= 0.3 is 0 Å². The van der Waals surface area contributed by atoms with Crippen LogP contribution in [-0.4, -0.2) is 26.6 Å². The molecule has 1 atom stereocenters. The Labute approximate surface area is 99.9 Å². The summed E-state index contributed by atoms with van der Waals surface area (Å²) < 4.78 is 23.7. The van der Waals surface area contributed by atoms with Crippen LogP contribution in [0, 0.1) is 0 Å². The minimum atomic E-state index is -3.17. The molecule has 92 valence electrons. The molecule has 1 aliphatic rings. The topological polar surface area (TPSA) is 89.3 Å². The number of benzene rings is 1. The Bertz CT molecular complexity index is 539. The molecule has 1 heterocycles. The minimum absolute atomic E-state index is 0.0546. The molecule has 2 rings (SSSR count). The number of primary amides is 1. The number of nitrogens with two attached hydrogens (primary N) is 1. The Morgan fingerprint density at radius 1 is 1.41 bits per heavy atom. The minimum Gasteiger partial charge on any atom is -0.369 e. The van der Waals surface area contributed by atoms with Gasteiger partial charge in [0.05, 0.1) is 17.2 Å². The summed E-state index contributed by atoms with van der Waals surface area (Å²) in [6, 6.07) is 6.74. The van der Waals surface area contributed by atoms with E-state index in [1.807, 2.05) is 0 Å². The maximum absolute atomic E-state index is 11.8. The van der Waals surface area contributed by atoms with Crippen molar-refractivity contribution in [3.05, 3.63) is 29.8 Å². The predicted octanol–water partition coefficient (Wildman–Crippen LogP) is -0.0200. The number of carbonyl (C=O) groups excluding carboxylic acids is 1. The van der Waals surface area contributed by atoms with Crippen molar-refractivity contribution in [3.63, 3.8) is 0 Å². The van der Waals surface area contributed by atoms with Crippen LogP contribution in [0.25, 0.3) is 0 Å². The second kappa shape index (κ2) is 4.46. The number of hydrogen-bond acceptors (Lipinski definition) is 4. The van der Waals surface area contributed by atoms with Crippen molar-refractivity contribution in [2.45, 2.75) is 17.4 Å². The van der Waals surface area contributed by atoms with E-state index in [0.717, 1.165) is 5.56 Å². The van der Waals surface area contributed by atoms with Crippen molar-refractivity contribution in [1.82, 2.24) is 5.32 Å². The Morgan fingerprint density at radius 3 is 2.82 bits per heavy atom. The third-order valence-corrected chi connectivity index (χ3v) is 4.64. The van der Waals surface area contributed by atoms with Gasteiger partial charge in [-0.3, -0.25) is 4.79 Å². The molecule has 1 aliphatic heterocycles. The lowest BCUT2D eigenvalue weighted by Crippen LogP contribution is -2.35. The summed E-state index contributed by atoms with van der Waals surface area (Å²) in [4.78, 5) is 11.1. The van der Waals surface area contributed by atoms with Crippen LogP contribution < -0.4 is 11.1 Å². The lowest BCUT2D eigenvalue weighted by atomic mass is 10.0. The summed E-state index contributed by atoms with van der Waals surface area (Å²) in [6.45, 7) is 0.0546. The monoisotopic (exact) mass is 254 g/mol. The third-order valence-electron chi connectivity index (χ3n) is 2.83. The molecule has 1 amide bonds. The van der Waals surface area contributed by atoms with Crippen LogP contribution in [0.1, 0.15) is 18.0 Å². The van der Waals surface area contributed by atoms with E-state index in [1.54, 1.807) is 24.3 Å². The summed E-state index contributed by atoms with van der Waals surface area (Å²) in [6.07, 6.45) is 0.465. The van der Waals surface area contributed by atoms with Crippen molar-refractivity contribution in [2.75, 3.05) is 12.3 Å². The fourth-order valence-corrected chi connectivity index (χ4v) is 3.65. The van der Waals surface area contributed by atoms with Gasteiger partial charge in [-0.05, 0) is 18.1 Å². The predicted molar refractivity (Wildman–Crippen MR) is 63.0 cm³/mol. The highest BCUT2D eigenvalue weighted by Gasteiger charge is 2.29. The number of fused-ring (bicyclic) bond motifs is 1. The number of hydrogen-bond donors (Lipinski definition) is 2. The van der Waals surface area contributed by atoms with E-state index < -0.39 is 15.7 Å². The first-order valence-electron chi connectivity index (χ1n) is 5.34. The summed E-state index contributed by atoms with van der Waals surface area (Å²) in [5.41, 5.74) is 5.79. The van der Waals surface area contributed by atoms with E-state index in [4.69, 9.17) is 5.73 Å². The second-order valence-corrected chi connectivity index (χ2v) is 6.12. The van der Waals surface area contributed by atoms with Crippen molar-refractivity contribution < 1.29 is 13.2 Å². The van der Waals surface area contributed by atoms with Gasteiger partial charge in [0.15, 0.2) is 9.84 Å². The number of amides is 1. The summed E-state index contributed by atoms with van der Waals surface area (Å²) >= 11 is 0. The maximum atomic E-state index is 11.8. The van der Waals surface area contributed by atoms with E-state index in [2.05, 4.69) is 5.32 Å². The maximum Gasteiger partial charge on any atom is 0.231 e. The molecule has 0 spiro atoms. The number of rotatable bonds is 3. The van der Waals surface area contributed by atoms with E-state index in [-0.39, 0.29) is 18.3 Å². The zero-order valence-electron chi connectivity index (χ0n) is 9.22. The molecule has 0 fully saturated rings. The number of nitrogens with one attached hydrogen (secondary N) is 1. The second-order valence-electron chi connectivity index (χ2n) is 4.05. The Morgan fingerprint density at radius 2 is 2.12 bits per heavy atom. The van der Waals surface area contributed by atoms with E-state index in [0.29, 0.717) is 11.3 Å². The summed E-state index contributed by atoms with van der Waals surface area (Å²) in [7, 11) is -3.17. The van der Waals surface area contributed by atoms with E-state index in [1.165, 1.54) is 0 Å². The number of carbonyl (C=O) groups is 1. The van der Waals surface area contributed by atoms with Gasteiger partial charge in [0, 0.05) is 6.04 Å². The molecule has 1 aromatic carbocycles. The average Bonchev–Trinajstić information content (AvgIpc) is 2.28. The zero-order valence-corrected chi connectivity index (χ0v) is 10.0. The standard InChI is InChI=1S/C11H14N2O3S/c12-11(14)7-13-9-5-6-17(15,16)10-4-2-1-3-8(9)10/h1-4,9,13H,5-7H2,(H2,12,14). The highest BCUT2D eigenvalue weighted by Crippen LogP contribution is 2.31. The van der Waals surface area contributed by atoms with Crippen molar-refractivity contribution in [1.29, 1.82) is 0 Å². The lowest BCUT2D eigenvalue weighted by molar-refractivity contribution is -0.117. The van der Waals surface area contributed by atoms with Gasteiger partial charge in [-0.2, -0.15) is 0 Å². The van der Waals surface area contributed by atoms with Gasteiger partial charge < -0.3 is 11.1 Å². The molecule has 6 heteroatoms. The van der Waals surface area contributed by atoms with Crippen molar-refractivity contribution in [2.24, 2.45) is 5.73 Å². The number of sulfone groups is 1. The fraction of sp³-hybridized carbons (Fsp3) is 0.364. The molecule has 0 radical (unpaired) electrons. The molecule has 0 aromatic heterocycles. The highest BCUT2D eigenvalue weighted by atomic mass is 32.2. The molecule has 5 nitrogen and oxygen atoms in total. The van der Waals surface area contributed by atoms with Gasteiger partial charge in [0.1, 0.15) is 0 Å². The fourth-order valence-electron chi connectivity index (χ4n) is 2.03. The molecule has 1 unspecified atom stereocenters. The Kier molecular flexibility index (Phi) is 3.17. The van der Waals surface area contributed by atoms with Gasteiger partial charge in [-0.1, -0.05) is 18.2 Å². The van der Waals surface area contributed by atoms with Crippen molar-refractivity contribution >= 4 is 15.7 Å². The Hall–Kier alpha value is -1.40. The largest absolute Gasteiger partial charge is 0.369 e. The molecule has 17 heavy (non-hydrogen) atoms. The smallest absolute Gasteiger partial charge is 0.231 e. The molecule has 1 aromatic rings. The van der Waals surface area contributed by atoms with Crippen molar-refractivity contribution in [3.8, 4) is 0 Å². The summed E-state index contributed by atoms with van der Waals surface area (Å²) in [5, 5.41) is 2.98. The van der Waals surface area contributed by atoms with Crippen LogP contribution in [0.3, 0.4) is 0 Å². The normalized spacial score (nSPS) is 21.8. The first-order valence-corrected chi connectivity index (χ1v) is 6.99. The Balaban J connectivity index is 2.32. The van der Waals surface area contributed by atoms with Gasteiger partial charge in [-0.25, -0.2) is 8.42 Å². The van der Waals surface area contributed by atoms with E-state index >= 15 is 0 Å². The van der Waals surface area contributed by atoms with Crippen LogP contribution in [-0.2, 0) is 14.6 Å². The first-order chi connectivity index (χ1) is 8.00. The van der Waals surface area contributed by atoms with Gasteiger partial charge in [0.2, 0.25) is 5.91 Å². The quantitative estimate of drug-likeness (QED) is 0.793. The molecule has 0 saturated carbocycles. The molecule has 0 aliphatic carbocycles. The molecule has 0 saturated heterocycles. The first kappa shape index (κ1) is 12.1. The van der Waals surface area contributed by atoms with E-state index in [9.17, 15) is 13.2 Å². The molecular weight excluding hydrogens is 240 g/mol. The average molecular weight is 254 g/mol. The molecular formula is C11H14N2O3S. The van der Waals surface area contributed by atoms with Gasteiger partial charge in [0.25, 0.3) is 0 Å². The van der Waals surface area contributed by atoms with Crippen LogP contribution in [0.15, 0.2) is 29.2 Å². The van der Waals surface area contributed by atoms with Crippen LogP contribution in [0.4, 0.5) is 0 Å². The molecule has 0 bridgehead atoms. The van der Waals surface area contributed by atoms with Crippen LogP contribution >= 0.6 is 0 Å². The van der Waals surface area contributed by atoms with Crippen LogP contribution in [0.5, 0.6) is 0 Å². The molecule has 3 N–H and O–H groups in total. The SMILES string of the molecule is NC(=O)CNC1CCS(=O)(=O)c2ccccc21. The highest BCUT2D eigenvalue weighted by molar-refractivity contribution is 7.91. The third kappa shape index (κ3) is 2.48. The zero-order chi connectivity index (χ0) is 12.5.